The maximum absolute atomic E-state index is 4.46. The summed E-state index contributed by atoms with van der Waals surface area (Å²) < 4.78 is 0. The predicted molar refractivity (Wildman–Crippen MR) is 63.2 cm³/mol. The van der Waals surface area contributed by atoms with Crippen LogP contribution in [0.5, 0.6) is 0 Å². The number of nitrogens with zero attached hydrogens (tertiary/aromatic N) is 3. The van der Waals surface area contributed by atoms with Crippen LogP contribution >= 0.6 is 0 Å². The smallest absolute Gasteiger partial charge is 0.132 e. The van der Waals surface area contributed by atoms with Crippen LogP contribution < -0.4 is 4.90 Å². The van der Waals surface area contributed by atoms with Crippen molar-refractivity contribution in [1.29, 1.82) is 0 Å². The van der Waals surface area contributed by atoms with E-state index >= 15 is 0 Å². The molecule has 1 aliphatic heterocycles. The number of likely N-dealkylation sites (tertiary alicyclic amines) is 1. The Morgan fingerprint density at radius 1 is 1.47 bits per heavy atom. The topological polar surface area (TPSA) is 19.4 Å². The van der Waals surface area contributed by atoms with Gasteiger partial charge in [-0.2, -0.15) is 0 Å². The first-order valence-electron chi connectivity index (χ1n) is 5.52. The van der Waals surface area contributed by atoms with E-state index in [0.29, 0.717) is 6.04 Å². The standard InChI is InChI=1S/C12H19N3/c1-14(2)12-10(6-4-8-13-12)11-7-5-9-15(11)3/h4,6,8,11H,5,7,9H2,1-3H3/t11-/m1/s1. The third-order valence-electron chi connectivity index (χ3n) is 3.12. The Morgan fingerprint density at radius 2 is 2.27 bits per heavy atom. The molecule has 0 spiro atoms. The molecule has 0 saturated carbocycles. The van der Waals surface area contributed by atoms with Gasteiger partial charge in [-0.1, -0.05) is 6.07 Å². The van der Waals surface area contributed by atoms with Crippen molar-refractivity contribution < 1.29 is 0 Å². The number of hydrogen-bond donors (Lipinski definition) is 0. The fourth-order valence-corrected chi connectivity index (χ4v) is 2.35. The summed E-state index contributed by atoms with van der Waals surface area (Å²) in [7, 11) is 6.31. The molecule has 1 atom stereocenters. The Balaban J connectivity index is 2.34. The minimum absolute atomic E-state index is 0.552. The van der Waals surface area contributed by atoms with Crippen molar-refractivity contribution >= 4 is 5.82 Å². The molecule has 0 radical (unpaired) electrons. The summed E-state index contributed by atoms with van der Waals surface area (Å²) in [6, 6.07) is 4.79. The second-order valence-corrected chi connectivity index (χ2v) is 4.45. The second-order valence-electron chi connectivity index (χ2n) is 4.45. The molecule has 0 aliphatic carbocycles. The van der Waals surface area contributed by atoms with Gasteiger partial charge in [-0.05, 0) is 32.5 Å². The normalized spacial score (nSPS) is 21.9. The molecule has 0 unspecified atom stereocenters. The van der Waals surface area contributed by atoms with E-state index in [1.807, 2.05) is 12.3 Å². The van der Waals surface area contributed by atoms with Crippen molar-refractivity contribution in [3.05, 3.63) is 23.9 Å². The van der Waals surface area contributed by atoms with Gasteiger partial charge < -0.3 is 4.90 Å². The van der Waals surface area contributed by atoms with E-state index in [9.17, 15) is 0 Å². The van der Waals surface area contributed by atoms with Crippen LogP contribution in [0.15, 0.2) is 18.3 Å². The Bertz CT molecular complexity index is 335. The lowest BCUT2D eigenvalue weighted by Crippen LogP contribution is -2.21. The summed E-state index contributed by atoms with van der Waals surface area (Å²) in [5.41, 5.74) is 1.36. The molecule has 1 fully saturated rings. The molecule has 0 bridgehead atoms. The SMILES string of the molecule is CN(C)c1ncccc1[C@H]1CCCN1C. The van der Waals surface area contributed by atoms with Crippen LogP contribution in [0.4, 0.5) is 5.82 Å². The molecule has 3 heteroatoms. The van der Waals surface area contributed by atoms with Crippen molar-refractivity contribution in [2.75, 3.05) is 32.6 Å². The van der Waals surface area contributed by atoms with E-state index < -0.39 is 0 Å². The first kappa shape index (κ1) is 10.4. The fourth-order valence-electron chi connectivity index (χ4n) is 2.35. The fraction of sp³-hybridized carbons (Fsp3) is 0.583. The average Bonchev–Trinajstić information content (AvgIpc) is 2.64. The van der Waals surface area contributed by atoms with Gasteiger partial charge in [0.15, 0.2) is 0 Å². The van der Waals surface area contributed by atoms with Crippen LogP contribution in [-0.4, -0.2) is 37.6 Å². The van der Waals surface area contributed by atoms with Gasteiger partial charge in [-0.25, -0.2) is 4.98 Å². The van der Waals surface area contributed by atoms with Crippen molar-refractivity contribution in [2.24, 2.45) is 0 Å². The minimum Gasteiger partial charge on any atom is -0.362 e. The van der Waals surface area contributed by atoms with E-state index in [2.05, 4.69) is 42.0 Å². The van der Waals surface area contributed by atoms with Gasteiger partial charge in [0, 0.05) is 31.9 Å². The van der Waals surface area contributed by atoms with Crippen LogP contribution in [0.25, 0.3) is 0 Å². The number of aromatic nitrogens is 1. The minimum atomic E-state index is 0.552. The first-order valence-corrected chi connectivity index (χ1v) is 5.52. The van der Waals surface area contributed by atoms with Gasteiger partial charge in [0.05, 0.1) is 0 Å². The maximum atomic E-state index is 4.46. The van der Waals surface area contributed by atoms with E-state index in [4.69, 9.17) is 0 Å². The van der Waals surface area contributed by atoms with Crippen LogP contribution in [-0.2, 0) is 0 Å². The number of anilines is 1. The van der Waals surface area contributed by atoms with E-state index in [0.717, 1.165) is 5.82 Å². The lowest BCUT2D eigenvalue weighted by Gasteiger charge is -2.24. The molecule has 3 nitrogen and oxygen atoms in total. The lowest BCUT2D eigenvalue weighted by atomic mass is 10.1. The second kappa shape index (κ2) is 4.19. The highest BCUT2D eigenvalue weighted by molar-refractivity contribution is 5.47. The Kier molecular flexibility index (Phi) is 2.91. The molecule has 1 aromatic heterocycles. The summed E-state index contributed by atoms with van der Waals surface area (Å²) in [6.07, 6.45) is 4.42. The third kappa shape index (κ3) is 1.97. The van der Waals surface area contributed by atoms with Crippen molar-refractivity contribution in [3.8, 4) is 0 Å². The predicted octanol–water partition coefficient (Wildman–Crippen LogP) is 1.91. The van der Waals surface area contributed by atoms with Gasteiger partial charge in [0.25, 0.3) is 0 Å². The molecule has 1 saturated heterocycles. The molecule has 0 N–H and O–H groups in total. The van der Waals surface area contributed by atoms with Gasteiger partial charge in [0.1, 0.15) is 5.82 Å². The number of hydrogen-bond acceptors (Lipinski definition) is 3. The van der Waals surface area contributed by atoms with E-state index in [1.165, 1.54) is 24.9 Å². The molecule has 0 amide bonds. The Hall–Kier alpha value is -1.09. The van der Waals surface area contributed by atoms with E-state index in [-0.39, 0.29) is 0 Å². The third-order valence-corrected chi connectivity index (χ3v) is 3.12. The van der Waals surface area contributed by atoms with Crippen molar-refractivity contribution in [1.82, 2.24) is 9.88 Å². The summed E-state index contributed by atoms with van der Waals surface area (Å²) in [6.45, 7) is 1.20. The Labute approximate surface area is 91.7 Å². The van der Waals surface area contributed by atoms with E-state index in [1.54, 1.807) is 0 Å². The molecule has 2 heterocycles. The van der Waals surface area contributed by atoms with Crippen LogP contribution in [0.1, 0.15) is 24.4 Å². The summed E-state index contributed by atoms with van der Waals surface area (Å²) in [5, 5.41) is 0. The Morgan fingerprint density at radius 3 is 2.87 bits per heavy atom. The highest BCUT2D eigenvalue weighted by atomic mass is 15.2. The highest BCUT2D eigenvalue weighted by Crippen LogP contribution is 2.34. The molecule has 1 aromatic rings. The maximum Gasteiger partial charge on any atom is 0.132 e. The van der Waals surface area contributed by atoms with Gasteiger partial charge >= 0.3 is 0 Å². The van der Waals surface area contributed by atoms with Gasteiger partial charge in [0.2, 0.25) is 0 Å². The van der Waals surface area contributed by atoms with Crippen LogP contribution in [0, 0.1) is 0 Å². The lowest BCUT2D eigenvalue weighted by molar-refractivity contribution is 0.317. The largest absolute Gasteiger partial charge is 0.362 e. The molecular formula is C12H19N3. The molecule has 1 aliphatic rings. The molecule has 2 rings (SSSR count). The van der Waals surface area contributed by atoms with Crippen molar-refractivity contribution in [3.63, 3.8) is 0 Å². The first-order chi connectivity index (χ1) is 7.20. The quantitative estimate of drug-likeness (QED) is 0.735. The van der Waals surface area contributed by atoms with Gasteiger partial charge in [-0.15, -0.1) is 0 Å². The van der Waals surface area contributed by atoms with Crippen LogP contribution in [0.2, 0.25) is 0 Å². The number of rotatable bonds is 2. The monoisotopic (exact) mass is 205 g/mol. The zero-order valence-corrected chi connectivity index (χ0v) is 9.77. The zero-order chi connectivity index (χ0) is 10.8. The van der Waals surface area contributed by atoms with Crippen LogP contribution in [0.3, 0.4) is 0 Å². The van der Waals surface area contributed by atoms with Gasteiger partial charge in [-0.3, -0.25) is 4.90 Å². The highest BCUT2D eigenvalue weighted by Gasteiger charge is 2.25. The molecular weight excluding hydrogens is 186 g/mol. The number of pyridine rings is 1. The van der Waals surface area contributed by atoms with Crippen molar-refractivity contribution in [2.45, 2.75) is 18.9 Å². The summed E-state index contributed by atoms with van der Waals surface area (Å²) in [4.78, 5) is 8.98. The average molecular weight is 205 g/mol. The molecule has 0 aromatic carbocycles. The summed E-state index contributed by atoms with van der Waals surface area (Å²) >= 11 is 0. The summed E-state index contributed by atoms with van der Waals surface area (Å²) in [5.74, 6) is 1.11. The molecule has 15 heavy (non-hydrogen) atoms. The zero-order valence-electron chi connectivity index (χ0n) is 9.77. The molecule has 82 valence electrons.